The summed E-state index contributed by atoms with van der Waals surface area (Å²) in [5.41, 5.74) is 0.891. The first-order chi connectivity index (χ1) is 15.5. The molecule has 1 fully saturated rings. The number of likely N-dealkylation sites (tertiary alicyclic amines) is 1. The van der Waals surface area contributed by atoms with Gasteiger partial charge in [0, 0.05) is 32.4 Å². The zero-order valence-electron chi connectivity index (χ0n) is 19.0. The number of amides is 1. The zero-order valence-corrected chi connectivity index (χ0v) is 19.8. The molecule has 1 saturated heterocycles. The van der Waals surface area contributed by atoms with Crippen molar-refractivity contribution in [1.29, 1.82) is 0 Å². The van der Waals surface area contributed by atoms with Crippen LogP contribution >= 0.6 is 0 Å². The fourth-order valence-electron chi connectivity index (χ4n) is 3.50. The lowest BCUT2D eigenvalue weighted by Gasteiger charge is -2.33. The molecule has 3 aromatic rings. The number of carbonyl (C=O) groups excluding carboxylic acids is 1. The van der Waals surface area contributed by atoms with Crippen LogP contribution < -0.4 is 10.0 Å². The van der Waals surface area contributed by atoms with Gasteiger partial charge < -0.3 is 23.9 Å². The lowest BCUT2D eigenvalue weighted by molar-refractivity contribution is 0.0210. The zero-order chi connectivity index (χ0) is 23.8. The molecular weight excluding hydrogens is 448 g/mol. The van der Waals surface area contributed by atoms with E-state index in [-0.39, 0.29) is 17.2 Å². The summed E-state index contributed by atoms with van der Waals surface area (Å²) in [6.07, 6.45) is 4.00. The summed E-state index contributed by atoms with van der Waals surface area (Å²) in [4.78, 5) is 22.2. The van der Waals surface area contributed by atoms with E-state index >= 15 is 0 Å². The lowest BCUT2D eigenvalue weighted by atomic mass is 10.1. The minimum absolute atomic E-state index is 0.0645. The fourth-order valence-corrected chi connectivity index (χ4v) is 4.53. The lowest BCUT2D eigenvalue weighted by Crippen LogP contribution is -2.44. The second-order valence-corrected chi connectivity index (χ2v) is 10.7. The minimum atomic E-state index is -3.80. The highest BCUT2D eigenvalue weighted by molar-refractivity contribution is 7.92. The summed E-state index contributed by atoms with van der Waals surface area (Å²) in [7, 11) is -2.10. The van der Waals surface area contributed by atoms with E-state index < -0.39 is 15.6 Å². The Morgan fingerprint density at radius 2 is 1.97 bits per heavy atom. The molecule has 0 unspecified atom stereocenters. The van der Waals surface area contributed by atoms with Crippen molar-refractivity contribution in [2.24, 2.45) is 7.05 Å². The maximum absolute atomic E-state index is 12.5. The molecule has 33 heavy (non-hydrogen) atoms. The highest BCUT2D eigenvalue weighted by Crippen LogP contribution is 2.26. The van der Waals surface area contributed by atoms with E-state index in [0.29, 0.717) is 35.9 Å². The number of oxazole rings is 1. The third-order valence-corrected chi connectivity index (χ3v) is 6.34. The third kappa shape index (κ3) is 5.56. The van der Waals surface area contributed by atoms with Crippen molar-refractivity contribution in [2.75, 3.05) is 23.1 Å². The Balaban J connectivity index is 1.38. The van der Waals surface area contributed by atoms with Gasteiger partial charge in [0.05, 0.1) is 12.0 Å². The van der Waals surface area contributed by atoms with Crippen LogP contribution in [0, 0.1) is 0 Å². The van der Waals surface area contributed by atoms with Gasteiger partial charge in [0.25, 0.3) is 16.0 Å². The van der Waals surface area contributed by atoms with E-state index in [2.05, 4.69) is 20.0 Å². The van der Waals surface area contributed by atoms with Gasteiger partial charge in [0.1, 0.15) is 11.1 Å². The van der Waals surface area contributed by atoms with E-state index in [4.69, 9.17) is 9.15 Å². The van der Waals surface area contributed by atoms with Gasteiger partial charge >= 0.3 is 6.09 Å². The number of benzene rings is 1. The van der Waals surface area contributed by atoms with Gasteiger partial charge in [0.2, 0.25) is 0 Å². The van der Waals surface area contributed by atoms with Crippen molar-refractivity contribution in [3.05, 3.63) is 30.7 Å². The number of anilines is 2. The van der Waals surface area contributed by atoms with Crippen molar-refractivity contribution in [3.63, 3.8) is 0 Å². The number of fused-ring (bicyclic) bond motifs is 1. The molecule has 0 aliphatic carbocycles. The molecule has 3 heterocycles. The minimum Gasteiger partial charge on any atom is -0.444 e. The number of sulfonamides is 1. The van der Waals surface area contributed by atoms with Crippen molar-refractivity contribution in [3.8, 4) is 0 Å². The van der Waals surface area contributed by atoms with Crippen LogP contribution in [-0.2, 0) is 21.8 Å². The van der Waals surface area contributed by atoms with Crippen LogP contribution in [0.1, 0.15) is 33.6 Å². The smallest absolute Gasteiger partial charge is 0.410 e. The first-order valence-corrected chi connectivity index (χ1v) is 12.1. The molecule has 1 aromatic carbocycles. The first kappa shape index (κ1) is 22.9. The number of piperidine rings is 1. The van der Waals surface area contributed by atoms with E-state index in [1.807, 2.05) is 20.8 Å². The monoisotopic (exact) mass is 476 g/mol. The second kappa shape index (κ2) is 8.58. The molecule has 1 amide bonds. The molecule has 2 aromatic heterocycles. The molecule has 0 saturated carbocycles. The van der Waals surface area contributed by atoms with Crippen molar-refractivity contribution in [2.45, 2.75) is 50.3 Å². The van der Waals surface area contributed by atoms with E-state index in [1.54, 1.807) is 34.7 Å². The number of aryl methyl sites for hydroxylation is 1. The summed E-state index contributed by atoms with van der Waals surface area (Å²) in [5, 5.41) is 3.20. The van der Waals surface area contributed by atoms with Crippen LogP contribution in [0.15, 0.2) is 40.2 Å². The van der Waals surface area contributed by atoms with Crippen LogP contribution in [0.25, 0.3) is 11.1 Å². The summed E-state index contributed by atoms with van der Waals surface area (Å²) in [6, 6.07) is 5.33. The number of ether oxygens (including phenoxy) is 1. The van der Waals surface area contributed by atoms with Gasteiger partial charge in [-0.05, 0) is 51.8 Å². The third-order valence-electron chi connectivity index (χ3n) is 5.07. The van der Waals surface area contributed by atoms with Gasteiger partial charge in [-0.15, -0.1) is 0 Å². The van der Waals surface area contributed by atoms with Gasteiger partial charge in [-0.1, -0.05) is 0 Å². The number of carbonyl (C=O) groups is 1. The molecule has 12 heteroatoms. The maximum Gasteiger partial charge on any atom is 0.410 e. The number of nitrogens with zero attached hydrogens (tertiary/aromatic N) is 4. The van der Waals surface area contributed by atoms with E-state index in [1.165, 1.54) is 12.5 Å². The Hall–Kier alpha value is -3.28. The average molecular weight is 477 g/mol. The molecule has 1 aliphatic heterocycles. The molecule has 1 aliphatic rings. The number of nitrogens with one attached hydrogen (secondary N) is 2. The highest BCUT2D eigenvalue weighted by atomic mass is 32.2. The van der Waals surface area contributed by atoms with Crippen LogP contribution in [0.4, 0.5) is 16.5 Å². The molecule has 2 N–H and O–H groups in total. The Labute approximate surface area is 192 Å². The van der Waals surface area contributed by atoms with Crippen LogP contribution in [0.2, 0.25) is 0 Å². The SMILES string of the molecule is Cn1cnc(S(=O)(=O)Nc2ccc3oc(NC4CCN(C(=O)OC(C)(C)C)CC4)nc3c2)c1. The fraction of sp³-hybridized carbons (Fsp3) is 0.476. The van der Waals surface area contributed by atoms with Crippen LogP contribution in [-0.4, -0.2) is 58.7 Å². The summed E-state index contributed by atoms with van der Waals surface area (Å²) in [5.74, 6) is 0. The molecule has 4 rings (SSSR count). The summed E-state index contributed by atoms with van der Waals surface area (Å²) in [6.45, 7) is 6.70. The Bertz CT molecular complexity index is 1250. The average Bonchev–Trinajstić information content (AvgIpc) is 3.32. The number of imidazole rings is 1. The molecule has 0 bridgehead atoms. The number of hydrogen-bond acceptors (Lipinski definition) is 8. The van der Waals surface area contributed by atoms with Crippen molar-refractivity contribution >= 4 is 38.9 Å². The normalized spacial score (nSPS) is 15.6. The number of hydrogen-bond donors (Lipinski definition) is 2. The van der Waals surface area contributed by atoms with E-state index in [9.17, 15) is 13.2 Å². The second-order valence-electron chi connectivity index (χ2n) is 9.07. The topological polar surface area (TPSA) is 132 Å². The van der Waals surface area contributed by atoms with Gasteiger partial charge in [0.15, 0.2) is 10.6 Å². The summed E-state index contributed by atoms with van der Waals surface area (Å²) < 4.78 is 40.2. The number of aromatic nitrogens is 3. The van der Waals surface area contributed by atoms with Crippen molar-refractivity contribution < 1.29 is 22.4 Å². The molecule has 0 spiro atoms. The quantitative estimate of drug-likeness (QED) is 0.574. The predicted molar refractivity (Wildman–Crippen MR) is 122 cm³/mol. The maximum atomic E-state index is 12.5. The highest BCUT2D eigenvalue weighted by Gasteiger charge is 2.27. The van der Waals surface area contributed by atoms with Gasteiger partial charge in [-0.3, -0.25) is 4.72 Å². The first-order valence-electron chi connectivity index (χ1n) is 10.6. The molecule has 11 nitrogen and oxygen atoms in total. The summed E-state index contributed by atoms with van der Waals surface area (Å²) >= 11 is 0. The Kier molecular flexibility index (Phi) is 5.95. The Morgan fingerprint density at radius 3 is 2.61 bits per heavy atom. The largest absolute Gasteiger partial charge is 0.444 e. The van der Waals surface area contributed by atoms with Crippen LogP contribution in [0.5, 0.6) is 0 Å². The molecule has 178 valence electrons. The number of rotatable bonds is 5. The molecule has 0 radical (unpaired) electrons. The Morgan fingerprint density at radius 1 is 1.24 bits per heavy atom. The predicted octanol–water partition coefficient (Wildman–Crippen LogP) is 3.17. The molecule has 0 atom stereocenters. The van der Waals surface area contributed by atoms with E-state index in [0.717, 1.165) is 12.8 Å². The van der Waals surface area contributed by atoms with Crippen molar-refractivity contribution in [1.82, 2.24) is 19.4 Å². The van der Waals surface area contributed by atoms with Crippen LogP contribution in [0.3, 0.4) is 0 Å². The molecular formula is C21H28N6O5S. The standard InChI is InChI=1S/C21H28N6O5S/c1-21(2,3)32-20(28)27-9-7-14(8-10-27)23-19-24-16-11-15(5-6-17(16)31-19)25-33(29,30)18-12-26(4)13-22-18/h5-6,11-14,25H,7-10H2,1-4H3,(H,23,24). The van der Waals surface area contributed by atoms with Gasteiger partial charge in [-0.2, -0.15) is 13.4 Å². The van der Waals surface area contributed by atoms with Gasteiger partial charge in [-0.25, -0.2) is 9.78 Å².